The van der Waals surface area contributed by atoms with Gasteiger partial charge in [0, 0.05) is 16.3 Å². The summed E-state index contributed by atoms with van der Waals surface area (Å²) in [5.41, 5.74) is 1.24. The van der Waals surface area contributed by atoms with Crippen LogP contribution in [0, 0.1) is 5.92 Å². The molecular weight excluding hydrogens is 296 g/mol. The zero-order valence-corrected chi connectivity index (χ0v) is 12.5. The summed E-state index contributed by atoms with van der Waals surface area (Å²) in [5, 5.41) is 4.53. The van der Waals surface area contributed by atoms with Crippen LogP contribution in [0.3, 0.4) is 0 Å². The van der Waals surface area contributed by atoms with Crippen molar-refractivity contribution in [2.75, 3.05) is 5.75 Å². The Balaban J connectivity index is 1.94. The predicted molar refractivity (Wildman–Crippen MR) is 79.5 cm³/mol. The van der Waals surface area contributed by atoms with Gasteiger partial charge in [-0.15, -0.1) is 0 Å². The molecule has 0 saturated carbocycles. The van der Waals surface area contributed by atoms with Crippen molar-refractivity contribution in [3.8, 4) is 0 Å². The van der Waals surface area contributed by atoms with Crippen LogP contribution in [-0.4, -0.2) is 17.0 Å². The van der Waals surface area contributed by atoms with E-state index in [1.54, 1.807) is 0 Å². The molecule has 0 aromatic heterocycles. The monoisotopic (exact) mass is 312 g/mol. The normalized spacial score (nSPS) is 26.9. The van der Waals surface area contributed by atoms with E-state index < -0.39 is 0 Å². The molecule has 1 aromatic carbocycles. The predicted octanol–water partition coefficient (Wildman–Crippen LogP) is 3.67. The fourth-order valence-electron chi connectivity index (χ4n) is 1.58. The number of benzene rings is 1. The summed E-state index contributed by atoms with van der Waals surface area (Å²) < 4.78 is 1.11. The number of aliphatic imine (C=N–C) groups is 1. The Morgan fingerprint density at radius 2 is 2.06 bits per heavy atom. The molecule has 2 rings (SSSR count). The quantitative estimate of drug-likeness (QED) is 0.901. The van der Waals surface area contributed by atoms with Crippen LogP contribution in [0.15, 0.2) is 33.7 Å². The van der Waals surface area contributed by atoms with E-state index in [1.165, 1.54) is 5.56 Å². The van der Waals surface area contributed by atoms with E-state index in [9.17, 15) is 0 Å². The van der Waals surface area contributed by atoms with Crippen molar-refractivity contribution in [1.82, 2.24) is 5.32 Å². The van der Waals surface area contributed by atoms with E-state index in [-0.39, 0.29) is 0 Å². The van der Waals surface area contributed by atoms with Crippen LogP contribution in [0.5, 0.6) is 0 Å². The van der Waals surface area contributed by atoms with Crippen molar-refractivity contribution < 1.29 is 0 Å². The van der Waals surface area contributed by atoms with E-state index in [2.05, 4.69) is 64.4 Å². The molecule has 0 aliphatic carbocycles. The van der Waals surface area contributed by atoms with Crippen LogP contribution in [-0.2, 0) is 6.54 Å². The number of halogens is 1. The summed E-state index contributed by atoms with van der Waals surface area (Å²) in [6.07, 6.45) is 0. The summed E-state index contributed by atoms with van der Waals surface area (Å²) >= 11 is 5.26. The molecule has 1 N–H and O–H groups in total. The summed E-state index contributed by atoms with van der Waals surface area (Å²) in [7, 11) is 0. The highest BCUT2D eigenvalue weighted by molar-refractivity contribution is 9.10. The molecule has 0 bridgehead atoms. The average Bonchev–Trinajstić information content (AvgIpc) is 2.33. The first-order valence-corrected chi connectivity index (χ1v) is 7.61. The lowest BCUT2D eigenvalue weighted by molar-refractivity contribution is 0.490. The first-order chi connectivity index (χ1) is 8.15. The Morgan fingerprint density at radius 3 is 2.71 bits per heavy atom. The van der Waals surface area contributed by atoms with Crippen LogP contribution >= 0.6 is 27.7 Å². The zero-order chi connectivity index (χ0) is 12.3. The third kappa shape index (κ3) is 3.75. The van der Waals surface area contributed by atoms with Crippen LogP contribution in [0.2, 0.25) is 0 Å². The van der Waals surface area contributed by atoms with Gasteiger partial charge in [0.15, 0.2) is 5.17 Å². The molecule has 0 radical (unpaired) electrons. The maximum atomic E-state index is 4.62. The minimum Gasteiger partial charge on any atom is -0.362 e. The molecule has 0 amide bonds. The molecule has 4 heteroatoms. The minimum absolute atomic E-state index is 0.528. The lowest BCUT2D eigenvalue weighted by Crippen LogP contribution is -2.41. The van der Waals surface area contributed by atoms with E-state index in [1.807, 2.05) is 11.8 Å². The Bertz CT molecular complexity index is 402. The average molecular weight is 313 g/mol. The maximum absolute atomic E-state index is 4.62. The lowest BCUT2D eigenvalue weighted by Gasteiger charge is -2.28. The van der Waals surface area contributed by atoms with E-state index in [0.717, 1.165) is 21.9 Å². The minimum atomic E-state index is 0.528. The fraction of sp³-hybridized carbons (Fsp3) is 0.462. The molecule has 1 aliphatic rings. The van der Waals surface area contributed by atoms with Crippen LogP contribution < -0.4 is 5.32 Å². The lowest BCUT2D eigenvalue weighted by atomic mass is 10.1. The molecule has 92 valence electrons. The molecule has 0 spiro atoms. The highest BCUT2D eigenvalue weighted by atomic mass is 79.9. The Labute approximate surface area is 115 Å². The van der Waals surface area contributed by atoms with Gasteiger partial charge in [-0.3, -0.25) is 4.99 Å². The molecule has 2 unspecified atom stereocenters. The van der Waals surface area contributed by atoms with Gasteiger partial charge in [0.25, 0.3) is 0 Å². The van der Waals surface area contributed by atoms with Crippen molar-refractivity contribution >= 4 is 32.9 Å². The maximum Gasteiger partial charge on any atom is 0.157 e. The number of thioether (sulfide) groups is 1. The smallest absolute Gasteiger partial charge is 0.157 e. The molecule has 1 aromatic rings. The third-order valence-electron chi connectivity index (χ3n) is 3.01. The standard InChI is InChI=1S/C13H17BrN2S/c1-9-8-17-13(16-10(9)2)15-7-11-3-5-12(14)6-4-11/h3-6,9-10H,7-8H2,1-2H3,(H,15,16). The van der Waals surface area contributed by atoms with Crippen molar-refractivity contribution in [3.05, 3.63) is 34.3 Å². The number of hydrogen-bond donors (Lipinski definition) is 1. The second-order valence-corrected chi connectivity index (χ2v) is 6.39. The molecule has 2 nitrogen and oxygen atoms in total. The van der Waals surface area contributed by atoms with E-state index >= 15 is 0 Å². The molecule has 1 aliphatic heterocycles. The SMILES string of the molecule is CC1CSC(=NCc2ccc(Br)cc2)NC1C. The molecule has 2 atom stereocenters. The summed E-state index contributed by atoms with van der Waals surface area (Å²) in [6, 6.07) is 8.85. The Morgan fingerprint density at radius 1 is 1.35 bits per heavy atom. The number of hydrogen-bond acceptors (Lipinski definition) is 2. The highest BCUT2D eigenvalue weighted by Crippen LogP contribution is 2.20. The summed E-state index contributed by atoms with van der Waals surface area (Å²) in [6.45, 7) is 5.25. The van der Waals surface area contributed by atoms with Crippen molar-refractivity contribution in [2.45, 2.75) is 26.4 Å². The first kappa shape index (κ1) is 13.0. The summed E-state index contributed by atoms with van der Waals surface area (Å²) in [4.78, 5) is 4.62. The third-order valence-corrected chi connectivity index (χ3v) is 4.75. The van der Waals surface area contributed by atoms with Gasteiger partial charge in [-0.05, 0) is 30.5 Å². The molecule has 1 fully saturated rings. The number of amidine groups is 1. The molecule has 17 heavy (non-hydrogen) atoms. The van der Waals surface area contributed by atoms with E-state index in [0.29, 0.717) is 12.0 Å². The van der Waals surface area contributed by atoms with Crippen LogP contribution in [0.25, 0.3) is 0 Å². The van der Waals surface area contributed by atoms with E-state index in [4.69, 9.17) is 0 Å². The summed E-state index contributed by atoms with van der Waals surface area (Å²) in [5.74, 6) is 1.87. The van der Waals surface area contributed by atoms with Crippen molar-refractivity contribution in [3.63, 3.8) is 0 Å². The van der Waals surface area contributed by atoms with Gasteiger partial charge in [-0.25, -0.2) is 0 Å². The van der Waals surface area contributed by atoms with Crippen molar-refractivity contribution in [2.24, 2.45) is 10.9 Å². The number of nitrogens with one attached hydrogen (secondary N) is 1. The van der Waals surface area contributed by atoms with Gasteiger partial charge >= 0.3 is 0 Å². The largest absolute Gasteiger partial charge is 0.362 e. The van der Waals surface area contributed by atoms with Gasteiger partial charge < -0.3 is 5.32 Å². The second kappa shape index (κ2) is 5.91. The van der Waals surface area contributed by atoms with Gasteiger partial charge in [-0.1, -0.05) is 46.7 Å². The molecular formula is C13H17BrN2S. The van der Waals surface area contributed by atoms with Gasteiger partial charge in [0.1, 0.15) is 0 Å². The van der Waals surface area contributed by atoms with Crippen LogP contribution in [0.1, 0.15) is 19.4 Å². The van der Waals surface area contributed by atoms with Gasteiger partial charge in [0.05, 0.1) is 6.54 Å². The highest BCUT2D eigenvalue weighted by Gasteiger charge is 2.20. The zero-order valence-electron chi connectivity index (χ0n) is 10.1. The van der Waals surface area contributed by atoms with Crippen molar-refractivity contribution in [1.29, 1.82) is 0 Å². The topological polar surface area (TPSA) is 24.4 Å². The number of nitrogens with zero attached hydrogens (tertiary/aromatic N) is 1. The van der Waals surface area contributed by atoms with Crippen LogP contribution in [0.4, 0.5) is 0 Å². The molecule has 1 saturated heterocycles. The first-order valence-electron chi connectivity index (χ1n) is 5.83. The Kier molecular flexibility index (Phi) is 4.51. The van der Waals surface area contributed by atoms with Gasteiger partial charge in [0.2, 0.25) is 0 Å². The fourth-order valence-corrected chi connectivity index (χ4v) is 2.98. The Hall–Kier alpha value is -0.480. The van der Waals surface area contributed by atoms with Gasteiger partial charge in [-0.2, -0.15) is 0 Å². The second-order valence-electron chi connectivity index (χ2n) is 4.47. The molecule has 1 heterocycles. The number of rotatable bonds is 2.